The number of benzene rings is 1. The average Bonchev–Trinajstić information content (AvgIpc) is 3.12. The second kappa shape index (κ2) is 6.22. The van der Waals surface area contributed by atoms with Crippen LogP contribution in [-0.2, 0) is 17.8 Å². The van der Waals surface area contributed by atoms with E-state index in [4.69, 9.17) is 11.6 Å². The first-order valence-corrected chi connectivity index (χ1v) is 7.35. The number of halogens is 1. The third kappa shape index (κ3) is 3.21. The van der Waals surface area contributed by atoms with Gasteiger partial charge in [-0.25, -0.2) is 4.68 Å². The standard InChI is InChI=1S/C14H16ClN5O/c15-13-6-2-1-4-11(13)8-12-5-3-7-20(12)14(21)9-19-10-16-17-18-19/h1-2,4,6,10,12H,3,5,7-9H2/t12-/m0/s1. The van der Waals surface area contributed by atoms with Crippen molar-refractivity contribution in [3.63, 3.8) is 0 Å². The van der Waals surface area contributed by atoms with Crippen molar-refractivity contribution in [2.45, 2.75) is 31.8 Å². The molecule has 1 atom stereocenters. The minimum absolute atomic E-state index is 0.0526. The molecule has 1 saturated heterocycles. The van der Waals surface area contributed by atoms with Gasteiger partial charge >= 0.3 is 0 Å². The minimum atomic E-state index is 0.0526. The predicted molar refractivity (Wildman–Crippen MR) is 77.7 cm³/mol. The normalized spacial score (nSPS) is 18.1. The molecule has 0 N–H and O–H groups in total. The van der Waals surface area contributed by atoms with E-state index in [-0.39, 0.29) is 18.5 Å². The van der Waals surface area contributed by atoms with Crippen LogP contribution in [0.5, 0.6) is 0 Å². The Bertz CT molecular complexity index is 616. The van der Waals surface area contributed by atoms with E-state index < -0.39 is 0 Å². The molecule has 110 valence electrons. The third-order valence-electron chi connectivity index (χ3n) is 3.80. The number of likely N-dealkylation sites (tertiary alicyclic amines) is 1. The molecule has 6 nitrogen and oxygen atoms in total. The average molecular weight is 306 g/mol. The summed E-state index contributed by atoms with van der Waals surface area (Å²) in [6, 6.07) is 8.00. The van der Waals surface area contributed by atoms with Gasteiger partial charge in [0.1, 0.15) is 12.9 Å². The lowest BCUT2D eigenvalue weighted by molar-refractivity contribution is -0.132. The molecule has 1 aliphatic rings. The quantitative estimate of drug-likeness (QED) is 0.860. The summed E-state index contributed by atoms with van der Waals surface area (Å²) in [5.41, 5.74) is 1.09. The zero-order valence-corrected chi connectivity index (χ0v) is 12.3. The van der Waals surface area contributed by atoms with E-state index in [0.717, 1.165) is 36.4 Å². The Morgan fingerprint density at radius 2 is 2.24 bits per heavy atom. The van der Waals surface area contributed by atoms with Crippen molar-refractivity contribution in [1.29, 1.82) is 0 Å². The van der Waals surface area contributed by atoms with Crippen LogP contribution in [0.4, 0.5) is 0 Å². The fourth-order valence-electron chi connectivity index (χ4n) is 2.78. The second-order valence-electron chi connectivity index (χ2n) is 5.19. The highest BCUT2D eigenvalue weighted by Crippen LogP contribution is 2.25. The zero-order valence-electron chi connectivity index (χ0n) is 11.5. The SMILES string of the molecule is O=C(Cn1cnnn1)N1CCC[C@H]1Cc1ccccc1Cl. The molecule has 0 bridgehead atoms. The number of amides is 1. The molecule has 1 aromatic heterocycles. The van der Waals surface area contributed by atoms with Crippen LogP contribution in [0.25, 0.3) is 0 Å². The van der Waals surface area contributed by atoms with Crippen LogP contribution >= 0.6 is 11.6 Å². The van der Waals surface area contributed by atoms with Crippen molar-refractivity contribution in [3.8, 4) is 0 Å². The largest absolute Gasteiger partial charge is 0.338 e. The maximum atomic E-state index is 12.4. The molecule has 2 heterocycles. The highest BCUT2D eigenvalue weighted by atomic mass is 35.5. The molecule has 1 fully saturated rings. The topological polar surface area (TPSA) is 63.9 Å². The van der Waals surface area contributed by atoms with E-state index in [1.54, 1.807) is 0 Å². The summed E-state index contributed by atoms with van der Waals surface area (Å²) in [7, 11) is 0. The van der Waals surface area contributed by atoms with Crippen molar-refractivity contribution in [1.82, 2.24) is 25.1 Å². The fourth-order valence-corrected chi connectivity index (χ4v) is 2.99. The molecule has 7 heteroatoms. The Labute approximate surface area is 127 Å². The molecule has 21 heavy (non-hydrogen) atoms. The number of tetrazole rings is 1. The summed E-state index contributed by atoms with van der Waals surface area (Å²) < 4.78 is 1.45. The van der Waals surface area contributed by atoms with Crippen LogP contribution in [-0.4, -0.2) is 43.6 Å². The number of nitrogens with zero attached hydrogens (tertiary/aromatic N) is 5. The number of hydrogen-bond acceptors (Lipinski definition) is 4. The maximum Gasteiger partial charge on any atom is 0.244 e. The van der Waals surface area contributed by atoms with Crippen molar-refractivity contribution >= 4 is 17.5 Å². The molecule has 0 radical (unpaired) electrons. The molecule has 0 saturated carbocycles. The lowest BCUT2D eigenvalue weighted by atomic mass is 10.0. The van der Waals surface area contributed by atoms with Crippen LogP contribution in [0.15, 0.2) is 30.6 Å². The fraction of sp³-hybridized carbons (Fsp3) is 0.429. The summed E-state index contributed by atoms with van der Waals surface area (Å²) in [6.45, 7) is 0.974. The van der Waals surface area contributed by atoms with Crippen molar-refractivity contribution < 1.29 is 4.79 Å². The molecule has 1 aromatic carbocycles. The van der Waals surface area contributed by atoms with Crippen LogP contribution < -0.4 is 0 Å². The number of hydrogen-bond donors (Lipinski definition) is 0. The first kappa shape index (κ1) is 14.0. The highest BCUT2D eigenvalue weighted by Gasteiger charge is 2.29. The first-order chi connectivity index (χ1) is 10.2. The van der Waals surface area contributed by atoms with E-state index in [1.165, 1.54) is 11.0 Å². The van der Waals surface area contributed by atoms with Gasteiger partial charge in [-0.3, -0.25) is 4.79 Å². The Balaban J connectivity index is 1.68. The molecular weight excluding hydrogens is 290 g/mol. The molecule has 0 aliphatic carbocycles. The maximum absolute atomic E-state index is 12.4. The van der Waals surface area contributed by atoms with Crippen molar-refractivity contribution in [3.05, 3.63) is 41.2 Å². The van der Waals surface area contributed by atoms with E-state index in [1.807, 2.05) is 29.2 Å². The lowest BCUT2D eigenvalue weighted by Gasteiger charge is -2.25. The van der Waals surface area contributed by atoms with Gasteiger partial charge in [-0.05, 0) is 41.3 Å². The summed E-state index contributed by atoms with van der Waals surface area (Å²) in [6.07, 6.45) is 4.28. The molecular formula is C14H16ClN5O. The van der Waals surface area contributed by atoms with E-state index in [9.17, 15) is 4.79 Å². The van der Waals surface area contributed by atoms with Crippen LogP contribution in [0.2, 0.25) is 5.02 Å². The van der Waals surface area contributed by atoms with Crippen molar-refractivity contribution in [2.24, 2.45) is 0 Å². The lowest BCUT2D eigenvalue weighted by Crippen LogP contribution is -2.39. The van der Waals surface area contributed by atoms with Gasteiger partial charge in [0.05, 0.1) is 0 Å². The summed E-state index contributed by atoms with van der Waals surface area (Å²) in [5, 5.41) is 11.6. The summed E-state index contributed by atoms with van der Waals surface area (Å²) >= 11 is 6.21. The van der Waals surface area contributed by atoms with Gasteiger partial charge in [-0.15, -0.1) is 5.10 Å². The number of carbonyl (C=O) groups excluding carboxylic acids is 1. The van der Waals surface area contributed by atoms with Gasteiger partial charge in [0, 0.05) is 17.6 Å². The predicted octanol–water partition coefficient (Wildman–Crippen LogP) is 1.56. The monoisotopic (exact) mass is 305 g/mol. The van der Waals surface area contributed by atoms with Gasteiger partial charge in [0.25, 0.3) is 0 Å². The van der Waals surface area contributed by atoms with Gasteiger partial charge < -0.3 is 4.90 Å². The van der Waals surface area contributed by atoms with Crippen molar-refractivity contribution in [2.75, 3.05) is 6.54 Å². The molecule has 1 aliphatic heterocycles. The number of aromatic nitrogens is 4. The Kier molecular flexibility index (Phi) is 4.15. The Morgan fingerprint density at radius 1 is 1.38 bits per heavy atom. The molecule has 0 spiro atoms. The molecule has 0 unspecified atom stereocenters. The van der Waals surface area contributed by atoms with Crippen LogP contribution in [0.3, 0.4) is 0 Å². The minimum Gasteiger partial charge on any atom is -0.338 e. The second-order valence-corrected chi connectivity index (χ2v) is 5.59. The van der Waals surface area contributed by atoms with Gasteiger partial charge in [-0.2, -0.15) is 0 Å². The molecule has 3 rings (SSSR count). The third-order valence-corrected chi connectivity index (χ3v) is 4.17. The summed E-state index contributed by atoms with van der Waals surface area (Å²) in [5.74, 6) is 0.0526. The highest BCUT2D eigenvalue weighted by molar-refractivity contribution is 6.31. The molecule has 1 amide bonds. The van der Waals surface area contributed by atoms with Gasteiger partial charge in [0.2, 0.25) is 5.91 Å². The molecule has 2 aromatic rings. The van der Waals surface area contributed by atoms with E-state index in [2.05, 4.69) is 15.5 Å². The van der Waals surface area contributed by atoms with Crippen LogP contribution in [0, 0.1) is 0 Å². The van der Waals surface area contributed by atoms with Gasteiger partial charge in [0.15, 0.2) is 0 Å². The number of rotatable bonds is 4. The number of carbonyl (C=O) groups is 1. The van der Waals surface area contributed by atoms with Gasteiger partial charge in [-0.1, -0.05) is 29.8 Å². The van der Waals surface area contributed by atoms with E-state index >= 15 is 0 Å². The summed E-state index contributed by atoms with van der Waals surface area (Å²) in [4.78, 5) is 14.3. The smallest absolute Gasteiger partial charge is 0.244 e. The van der Waals surface area contributed by atoms with Crippen LogP contribution in [0.1, 0.15) is 18.4 Å². The Hall–Kier alpha value is -1.95. The first-order valence-electron chi connectivity index (χ1n) is 6.97. The van der Waals surface area contributed by atoms with E-state index in [0.29, 0.717) is 0 Å². The Morgan fingerprint density at radius 3 is 3.00 bits per heavy atom. The zero-order chi connectivity index (χ0) is 14.7.